The molecule has 1 aliphatic heterocycles. The van der Waals surface area contributed by atoms with Gasteiger partial charge in [0.2, 0.25) is 5.95 Å². The van der Waals surface area contributed by atoms with Gasteiger partial charge in [-0.25, -0.2) is 0 Å². The van der Waals surface area contributed by atoms with E-state index in [0.29, 0.717) is 17.9 Å². The Morgan fingerprint density at radius 2 is 2.38 bits per heavy atom. The quantitative estimate of drug-likeness (QED) is 0.529. The minimum atomic E-state index is -0.285. The van der Waals surface area contributed by atoms with E-state index >= 15 is 0 Å². The molecule has 0 aliphatic carbocycles. The smallest absolute Gasteiger partial charge is 0.284 e. The van der Waals surface area contributed by atoms with Crippen molar-refractivity contribution in [2.45, 2.75) is 6.92 Å². The minimum absolute atomic E-state index is 0.144. The first-order valence-electron chi connectivity index (χ1n) is 3.99. The van der Waals surface area contributed by atoms with E-state index in [9.17, 15) is 4.79 Å². The van der Waals surface area contributed by atoms with Crippen molar-refractivity contribution >= 4 is 17.3 Å². The van der Waals surface area contributed by atoms with Crippen LogP contribution >= 0.6 is 0 Å². The summed E-state index contributed by atoms with van der Waals surface area (Å²) in [5, 5.41) is 3.02. The molecule has 0 spiro atoms. The van der Waals surface area contributed by atoms with E-state index < -0.39 is 0 Å². The number of hydrogen-bond acceptors (Lipinski definition) is 4. The molecule has 0 aromatic carbocycles. The molecule has 5 heteroatoms. The number of aromatic amines is 1. The predicted octanol–water partition coefficient (Wildman–Crippen LogP) is 0.181. The number of fused-ring (bicyclic) bond motifs is 1. The third-order valence-electron chi connectivity index (χ3n) is 2.02. The molecule has 13 heavy (non-hydrogen) atoms. The van der Waals surface area contributed by atoms with Crippen LogP contribution in [0.2, 0.25) is 0 Å². The van der Waals surface area contributed by atoms with Gasteiger partial charge in [-0.15, -0.1) is 0 Å². The molecule has 0 unspecified atom stereocenters. The van der Waals surface area contributed by atoms with Gasteiger partial charge in [0.1, 0.15) is 5.82 Å². The van der Waals surface area contributed by atoms with Crippen LogP contribution in [-0.2, 0) is 0 Å². The second kappa shape index (κ2) is 2.62. The lowest BCUT2D eigenvalue weighted by Gasteiger charge is -2.15. The van der Waals surface area contributed by atoms with Crippen molar-refractivity contribution in [3.05, 3.63) is 22.0 Å². The van der Waals surface area contributed by atoms with Gasteiger partial charge in [-0.3, -0.25) is 4.79 Å². The predicted molar refractivity (Wildman–Crippen MR) is 51.4 cm³/mol. The van der Waals surface area contributed by atoms with Crippen LogP contribution in [0, 0.1) is 0 Å². The molecule has 2 heterocycles. The summed E-state index contributed by atoms with van der Waals surface area (Å²) in [6.45, 7) is 2.59. The number of H-pyrrole nitrogens is 1. The van der Waals surface area contributed by atoms with Crippen LogP contribution in [-0.4, -0.2) is 16.5 Å². The molecule has 4 N–H and O–H groups in total. The lowest BCUT2D eigenvalue weighted by atomic mass is 10.1. The highest BCUT2D eigenvalue weighted by molar-refractivity contribution is 5.75. The van der Waals surface area contributed by atoms with Gasteiger partial charge in [0.25, 0.3) is 5.56 Å². The summed E-state index contributed by atoms with van der Waals surface area (Å²) in [7, 11) is 0. The van der Waals surface area contributed by atoms with Gasteiger partial charge in [-0.05, 0) is 12.5 Å². The lowest BCUT2D eigenvalue weighted by Crippen LogP contribution is -2.21. The fourth-order valence-corrected chi connectivity index (χ4v) is 1.40. The zero-order chi connectivity index (χ0) is 9.42. The van der Waals surface area contributed by atoms with Gasteiger partial charge in [-0.2, -0.15) is 4.98 Å². The second-order valence-corrected chi connectivity index (χ2v) is 2.95. The number of hydrogen-bond donors (Lipinski definition) is 3. The van der Waals surface area contributed by atoms with Crippen LogP contribution in [0.5, 0.6) is 0 Å². The van der Waals surface area contributed by atoms with Gasteiger partial charge in [0, 0.05) is 6.54 Å². The molecule has 0 radical (unpaired) electrons. The molecule has 1 aliphatic rings. The first kappa shape index (κ1) is 7.85. The molecule has 1 aromatic rings. The van der Waals surface area contributed by atoms with Crippen LogP contribution in [0.3, 0.4) is 0 Å². The van der Waals surface area contributed by atoms with E-state index in [4.69, 9.17) is 5.73 Å². The van der Waals surface area contributed by atoms with Crippen molar-refractivity contribution in [2.75, 3.05) is 17.6 Å². The van der Waals surface area contributed by atoms with E-state index in [0.717, 1.165) is 5.57 Å². The fraction of sp³-hybridized carbons (Fsp3) is 0.250. The summed E-state index contributed by atoms with van der Waals surface area (Å²) in [5.74, 6) is 0.809. The number of aromatic nitrogens is 2. The number of rotatable bonds is 0. The Morgan fingerprint density at radius 3 is 3.15 bits per heavy atom. The maximum atomic E-state index is 11.4. The van der Waals surface area contributed by atoms with Crippen LogP contribution in [0.1, 0.15) is 12.5 Å². The zero-order valence-electron chi connectivity index (χ0n) is 7.22. The van der Waals surface area contributed by atoms with Gasteiger partial charge in [0.05, 0.1) is 5.56 Å². The van der Waals surface area contributed by atoms with Crippen LogP contribution in [0.15, 0.2) is 10.9 Å². The third kappa shape index (κ3) is 1.18. The Kier molecular flexibility index (Phi) is 1.58. The molecule has 0 atom stereocenters. The SMILES string of the molecule is CC1=CCNc2[nH]c(N)nc(=O)c21. The molecule has 0 bridgehead atoms. The van der Waals surface area contributed by atoms with E-state index in [1.807, 2.05) is 13.0 Å². The maximum absolute atomic E-state index is 11.4. The van der Waals surface area contributed by atoms with Crippen molar-refractivity contribution in [1.29, 1.82) is 0 Å². The summed E-state index contributed by atoms with van der Waals surface area (Å²) >= 11 is 0. The molecule has 0 amide bonds. The highest BCUT2D eigenvalue weighted by Gasteiger charge is 2.14. The number of nitrogens with zero attached hydrogens (tertiary/aromatic N) is 1. The number of nitrogens with two attached hydrogens (primary N) is 1. The summed E-state index contributed by atoms with van der Waals surface area (Å²) in [4.78, 5) is 17.8. The van der Waals surface area contributed by atoms with E-state index in [2.05, 4.69) is 15.3 Å². The topological polar surface area (TPSA) is 83.8 Å². The van der Waals surface area contributed by atoms with Gasteiger partial charge in [0.15, 0.2) is 0 Å². The summed E-state index contributed by atoms with van der Waals surface area (Å²) < 4.78 is 0. The molecule has 0 saturated carbocycles. The molecule has 0 saturated heterocycles. The maximum Gasteiger partial charge on any atom is 0.284 e. The summed E-state index contributed by atoms with van der Waals surface area (Å²) in [5.41, 5.74) is 6.63. The van der Waals surface area contributed by atoms with E-state index in [-0.39, 0.29) is 11.5 Å². The Bertz CT molecular complexity index is 432. The van der Waals surface area contributed by atoms with E-state index in [1.165, 1.54) is 0 Å². The average molecular weight is 178 g/mol. The lowest BCUT2D eigenvalue weighted by molar-refractivity contribution is 1.08. The number of allylic oxidation sites excluding steroid dienone is 1. The zero-order valence-corrected chi connectivity index (χ0v) is 7.22. The largest absolute Gasteiger partial charge is 0.369 e. The molecule has 68 valence electrons. The Hall–Kier alpha value is -1.78. The minimum Gasteiger partial charge on any atom is -0.369 e. The van der Waals surface area contributed by atoms with Crippen LogP contribution < -0.4 is 16.6 Å². The molecule has 2 rings (SSSR count). The van der Waals surface area contributed by atoms with Crippen LogP contribution in [0.25, 0.3) is 5.57 Å². The van der Waals surface area contributed by atoms with Crippen molar-refractivity contribution in [3.63, 3.8) is 0 Å². The summed E-state index contributed by atoms with van der Waals surface area (Å²) in [6.07, 6.45) is 1.94. The van der Waals surface area contributed by atoms with Crippen molar-refractivity contribution in [2.24, 2.45) is 0 Å². The van der Waals surface area contributed by atoms with Crippen molar-refractivity contribution < 1.29 is 0 Å². The highest BCUT2D eigenvalue weighted by atomic mass is 16.1. The Balaban J connectivity index is 2.73. The molecule has 0 fully saturated rings. The normalized spacial score (nSPS) is 14.4. The number of anilines is 2. The first-order chi connectivity index (χ1) is 6.18. The second-order valence-electron chi connectivity index (χ2n) is 2.95. The van der Waals surface area contributed by atoms with Gasteiger partial charge in [-0.1, -0.05) is 6.08 Å². The molecule has 1 aromatic heterocycles. The fourth-order valence-electron chi connectivity index (χ4n) is 1.40. The van der Waals surface area contributed by atoms with Crippen LogP contribution in [0.4, 0.5) is 11.8 Å². The average Bonchev–Trinajstić information content (AvgIpc) is 2.02. The first-order valence-corrected chi connectivity index (χ1v) is 3.99. The standard InChI is InChI=1S/C8H10N4O/c1-4-2-3-10-6-5(4)7(13)12-8(9)11-6/h2H,3H2,1H3,(H4,9,10,11,12,13). The Morgan fingerprint density at radius 1 is 1.62 bits per heavy atom. The molecule has 5 nitrogen and oxygen atoms in total. The number of nitrogens with one attached hydrogen (secondary N) is 2. The molecular formula is C8H10N4O. The molecular weight excluding hydrogens is 168 g/mol. The highest BCUT2D eigenvalue weighted by Crippen LogP contribution is 2.21. The van der Waals surface area contributed by atoms with Crippen molar-refractivity contribution in [3.8, 4) is 0 Å². The van der Waals surface area contributed by atoms with Crippen molar-refractivity contribution in [1.82, 2.24) is 9.97 Å². The number of nitrogen functional groups attached to an aromatic ring is 1. The van der Waals surface area contributed by atoms with Gasteiger partial charge >= 0.3 is 0 Å². The monoisotopic (exact) mass is 178 g/mol. The third-order valence-corrected chi connectivity index (χ3v) is 2.02. The summed E-state index contributed by atoms with van der Waals surface area (Å²) in [6, 6.07) is 0. The van der Waals surface area contributed by atoms with Gasteiger partial charge < -0.3 is 16.0 Å². The Labute approximate surface area is 74.7 Å². The van der Waals surface area contributed by atoms with E-state index in [1.54, 1.807) is 0 Å².